The summed E-state index contributed by atoms with van der Waals surface area (Å²) in [5.74, 6) is 0.942. The maximum Gasteiger partial charge on any atom is 0.137 e. The lowest BCUT2D eigenvalue weighted by atomic mass is 9.93. The third-order valence-electron chi connectivity index (χ3n) is 3.35. The van der Waals surface area contributed by atoms with Crippen LogP contribution >= 0.6 is 0 Å². The van der Waals surface area contributed by atoms with E-state index in [1.165, 1.54) is 16.7 Å². The second-order valence-electron chi connectivity index (χ2n) is 5.10. The maximum atomic E-state index is 12.0. The highest BCUT2D eigenvalue weighted by atomic mass is 16.1. The van der Waals surface area contributed by atoms with Crippen LogP contribution in [0.5, 0.6) is 0 Å². The molecule has 1 rings (SSSR count). The van der Waals surface area contributed by atoms with E-state index in [0.29, 0.717) is 18.1 Å². The quantitative estimate of drug-likeness (QED) is 0.717. The second-order valence-corrected chi connectivity index (χ2v) is 5.10. The van der Waals surface area contributed by atoms with Crippen molar-refractivity contribution in [3.8, 4) is 0 Å². The van der Waals surface area contributed by atoms with Crippen molar-refractivity contribution in [3.63, 3.8) is 0 Å². The molecule has 0 fully saturated rings. The zero-order valence-electron chi connectivity index (χ0n) is 11.5. The third kappa shape index (κ3) is 4.72. The zero-order chi connectivity index (χ0) is 12.8. The van der Waals surface area contributed by atoms with Gasteiger partial charge in [-0.05, 0) is 25.3 Å². The molecule has 0 saturated heterocycles. The molecule has 17 heavy (non-hydrogen) atoms. The standard InChI is InChI=1S/C16H24O/c1-5-14(6-2)10-16(17)11-15-8-12(3)7-13(4)9-15/h7-9,14H,5-6,10-11H2,1-4H3. The lowest BCUT2D eigenvalue weighted by Crippen LogP contribution is -2.09. The zero-order valence-corrected chi connectivity index (χ0v) is 11.5. The molecule has 1 aromatic carbocycles. The van der Waals surface area contributed by atoms with E-state index in [2.05, 4.69) is 45.9 Å². The maximum absolute atomic E-state index is 12.0. The van der Waals surface area contributed by atoms with Gasteiger partial charge in [-0.25, -0.2) is 0 Å². The Kier molecular flexibility index (Phi) is 5.40. The van der Waals surface area contributed by atoms with Crippen LogP contribution in [-0.4, -0.2) is 5.78 Å². The Balaban J connectivity index is 2.61. The fourth-order valence-electron chi connectivity index (χ4n) is 2.37. The van der Waals surface area contributed by atoms with Gasteiger partial charge in [-0.15, -0.1) is 0 Å². The molecule has 0 aromatic heterocycles. The average Bonchev–Trinajstić information content (AvgIpc) is 2.24. The van der Waals surface area contributed by atoms with E-state index in [1.807, 2.05) is 0 Å². The van der Waals surface area contributed by atoms with Gasteiger partial charge in [0.25, 0.3) is 0 Å². The first-order chi connectivity index (χ1) is 8.05. The molecule has 0 amide bonds. The molecule has 0 saturated carbocycles. The molecule has 0 aliphatic carbocycles. The number of hydrogen-bond acceptors (Lipinski definition) is 1. The van der Waals surface area contributed by atoms with Crippen LogP contribution < -0.4 is 0 Å². The Hall–Kier alpha value is -1.11. The molecule has 0 unspecified atom stereocenters. The van der Waals surface area contributed by atoms with Gasteiger partial charge in [-0.3, -0.25) is 4.79 Å². The Labute approximate surface area is 105 Å². The van der Waals surface area contributed by atoms with Crippen molar-refractivity contribution in [1.29, 1.82) is 0 Å². The molecule has 0 heterocycles. The molecule has 0 bridgehead atoms. The molecule has 0 aliphatic heterocycles. The summed E-state index contributed by atoms with van der Waals surface area (Å²) in [5, 5.41) is 0. The van der Waals surface area contributed by atoms with Crippen molar-refractivity contribution in [2.24, 2.45) is 5.92 Å². The average molecular weight is 232 g/mol. The summed E-state index contributed by atoms with van der Waals surface area (Å²) in [7, 11) is 0. The highest BCUT2D eigenvalue weighted by molar-refractivity contribution is 5.81. The van der Waals surface area contributed by atoms with Crippen molar-refractivity contribution in [2.75, 3.05) is 0 Å². The summed E-state index contributed by atoms with van der Waals surface area (Å²) in [6, 6.07) is 6.39. The smallest absolute Gasteiger partial charge is 0.137 e. The first kappa shape index (κ1) is 14.0. The van der Waals surface area contributed by atoms with Gasteiger partial charge >= 0.3 is 0 Å². The molecule has 0 spiro atoms. The molecule has 0 atom stereocenters. The summed E-state index contributed by atoms with van der Waals surface area (Å²) >= 11 is 0. The van der Waals surface area contributed by atoms with Gasteiger partial charge in [-0.2, -0.15) is 0 Å². The highest BCUT2D eigenvalue weighted by Gasteiger charge is 2.11. The summed E-state index contributed by atoms with van der Waals surface area (Å²) in [6.07, 6.45) is 3.54. The van der Waals surface area contributed by atoms with Crippen LogP contribution in [0.25, 0.3) is 0 Å². The van der Waals surface area contributed by atoms with E-state index in [1.54, 1.807) is 0 Å². The van der Waals surface area contributed by atoms with Crippen LogP contribution in [0.3, 0.4) is 0 Å². The summed E-state index contributed by atoms with van der Waals surface area (Å²) in [5.41, 5.74) is 3.66. The summed E-state index contributed by atoms with van der Waals surface area (Å²) in [6.45, 7) is 8.50. The van der Waals surface area contributed by atoms with Crippen molar-refractivity contribution in [2.45, 2.75) is 53.4 Å². The van der Waals surface area contributed by atoms with Crippen LogP contribution in [0.1, 0.15) is 49.8 Å². The lowest BCUT2D eigenvalue weighted by molar-refractivity contribution is -0.119. The predicted octanol–water partition coefficient (Wildman–Crippen LogP) is 4.24. The second kappa shape index (κ2) is 6.58. The van der Waals surface area contributed by atoms with E-state index in [0.717, 1.165) is 19.3 Å². The van der Waals surface area contributed by atoms with E-state index >= 15 is 0 Å². The Morgan fingerprint density at radius 1 is 1.06 bits per heavy atom. The minimum atomic E-state index is 0.378. The van der Waals surface area contributed by atoms with E-state index in [9.17, 15) is 4.79 Å². The normalized spacial score (nSPS) is 10.9. The summed E-state index contributed by atoms with van der Waals surface area (Å²) in [4.78, 5) is 12.0. The van der Waals surface area contributed by atoms with E-state index in [-0.39, 0.29) is 0 Å². The van der Waals surface area contributed by atoms with Crippen LogP contribution in [-0.2, 0) is 11.2 Å². The van der Waals surface area contributed by atoms with Gasteiger partial charge in [0.15, 0.2) is 0 Å². The summed E-state index contributed by atoms with van der Waals surface area (Å²) < 4.78 is 0. The third-order valence-corrected chi connectivity index (χ3v) is 3.35. The minimum Gasteiger partial charge on any atom is -0.299 e. The number of carbonyl (C=O) groups excluding carboxylic acids is 1. The molecule has 1 heteroatoms. The molecular formula is C16H24O. The minimum absolute atomic E-state index is 0.378. The van der Waals surface area contributed by atoms with E-state index < -0.39 is 0 Å². The highest BCUT2D eigenvalue weighted by Crippen LogP contribution is 2.16. The molecule has 0 radical (unpaired) electrons. The lowest BCUT2D eigenvalue weighted by Gasteiger charge is -2.11. The van der Waals surface area contributed by atoms with Gasteiger partial charge in [0.1, 0.15) is 5.78 Å². The number of ketones is 1. The number of carbonyl (C=O) groups is 1. The molecule has 0 N–H and O–H groups in total. The van der Waals surface area contributed by atoms with Crippen molar-refractivity contribution >= 4 is 5.78 Å². The fourth-order valence-corrected chi connectivity index (χ4v) is 2.37. The van der Waals surface area contributed by atoms with Crippen LogP contribution in [0, 0.1) is 19.8 Å². The number of benzene rings is 1. The van der Waals surface area contributed by atoms with Gasteiger partial charge in [0.2, 0.25) is 0 Å². The molecule has 1 nitrogen and oxygen atoms in total. The molecule has 94 valence electrons. The molecule has 0 aliphatic rings. The number of hydrogen-bond donors (Lipinski definition) is 0. The van der Waals surface area contributed by atoms with Crippen molar-refractivity contribution in [1.82, 2.24) is 0 Å². The first-order valence-electron chi connectivity index (χ1n) is 6.64. The van der Waals surface area contributed by atoms with Gasteiger partial charge in [0.05, 0.1) is 0 Å². The Morgan fingerprint density at radius 2 is 1.59 bits per heavy atom. The molecule has 1 aromatic rings. The molecular weight excluding hydrogens is 208 g/mol. The first-order valence-corrected chi connectivity index (χ1v) is 6.64. The van der Waals surface area contributed by atoms with Crippen molar-refractivity contribution < 1.29 is 4.79 Å². The predicted molar refractivity (Wildman–Crippen MR) is 73.3 cm³/mol. The van der Waals surface area contributed by atoms with E-state index in [4.69, 9.17) is 0 Å². The number of aryl methyl sites for hydroxylation is 2. The Morgan fingerprint density at radius 3 is 2.06 bits per heavy atom. The largest absolute Gasteiger partial charge is 0.299 e. The van der Waals surface area contributed by atoms with Crippen LogP contribution in [0.15, 0.2) is 18.2 Å². The number of rotatable bonds is 6. The van der Waals surface area contributed by atoms with Gasteiger partial charge in [-0.1, -0.05) is 56.0 Å². The van der Waals surface area contributed by atoms with Crippen LogP contribution in [0.4, 0.5) is 0 Å². The Bertz CT molecular complexity index is 355. The van der Waals surface area contributed by atoms with Crippen molar-refractivity contribution in [3.05, 3.63) is 34.9 Å². The SMILES string of the molecule is CCC(CC)CC(=O)Cc1cc(C)cc(C)c1. The fraction of sp³-hybridized carbons (Fsp3) is 0.562. The monoisotopic (exact) mass is 232 g/mol. The van der Waals surface area contributed by atoms with Gasteiger partial charge < -0.3 is 0 Å². The topological polar surface area (TPSA) is 17.1 Å². The number of Topliss-reactive ketones (excluding diaryl/α,β-unsaturated/α-hetero) is 1. The van der Waals surface area contributed by atoms with Crippen LogP contribution in [0.2, 0.25) is 0 Å². The van der Waals surface area contributed by atoms with Gasteiger partial charge in [0, 0.05) is 12.8 Å².